The van der Waals surface area contributed by atoms with Crippen LogP contribution in [0.15, 0.2) is 273 Å². The van der Waals surface area contributed by atoms with E-state index in [2.05, 4.69) is 366 Å². The summed E-state index contributed by atoms with van der Waals surface area (Å²) >= 11 is 0. The quantitative estimate of drug-likeness (QED) is 0.133. The number of nitrogens with zero attached hydrogens (tertiary/aromatic N) is 2. The highest BCUT2D eigenvalue weighted by atomic mass is 15.2. The molecule has 2 heterocycles. The van der Waals surface area contributed by atoms with E-state index in [0.717, 1.165) is 78.6 Å². The predicted molar refractivity (Wildman–Crippen MR) is 393 cm³/mol. The molecule has 0 radical (unpaired) electrons. The zero-order valence-corrected chi connectivity index (χ0v) is 55.0. The molecular formula is C88H81BN2. The molecular weight excluding hydrogens is 1100 g/mol. The summed E-state index contributed by atoms with van der Waals surface area (Å²) in [4.78, 5) is 5.39. The molecule has 2 nitrogen and oxygen atoms in total. The third-order valence-electron chi connectivity index (χ3n) is 19.0. The molecule has 0 saturated heterocycles. The lowest BCUT2D eigenvalue weighted by molar-refractivity contribution is 0.568. The van der Waals surface area contributed by atoms with Crippen LogP contribution >= 0.6 is 0 Å². The molecule has 12 aromatic carbocycles. The van der Waals surface area contributed by atoms with Crippen molar-refractivity contribution < 1.29 is 0 Å². The largest absolute Gasteiger partial charge is 0.310 e. The minimum absolute atomic E-state index is 0.0606. The van der Waals surface area contributed by atoms with Gasteiger partial charge in [-0.1, -0.05) is 332 Å². The summed E-state index contributed by atoms with van der Waals surface area (Å²) in [5.41, 5.74) is 32.0. The zero-order chi connectivity index (χ0) is 63.1. The zero-order valence-electron chi connectivity index (χ0n) is 55.0. The molecule has 12 aromatic rings. The fourth-order valence-corrected chi connectivity index (χ4v) is 14.1. The van der Waals surface area contributed by atoms with Crippen LogP contribution in [0.1, 0.15) is 105 Å². The number of hydrogen-bond acceptors (Lipinski definition) is 2. The first-order valence-corrected chi connectivity index (χ1v) is 32.6. The summed E-state index contributed by atoms with van der Waals surface area (Å²) in [5.74, 6) is 0. The molecule has 0 spiro atoms. The highest BCUT2D eigenvalue weighted by molar-refractivity contribution is 7.00. The van der Waals surface area contributed by atoms with E-state index < -0.39 is 0 Å². The summed E-state index contributed by atoms with van der Waals surface area (Å²) in [6.45, 7) is 28.1. The van der Waals surface area contributed by atoms with Gasteiger partial charge in [-0.25, -0.2) is 0 Å². The molecule has 14 rings (SSSR count). The van der Waals surface area contributed by atoms with E-state index in [0.29, 0.717) is 0 Å². The van der Waals surface area contributed by atoms with Crippen LogP contribution in [0.3, 0.4) is 0 Å². The van der Waals surface area contributed by atoms with Crippen LogP contribution in [0.4, 0.5) is 34.1 Å². The molecule has 0 amide bonds. The number of benzene rings is 12. The minimum Gasteiger partial charge on any atom is -0.310 e. The van der Waals surface area contributed by atoms with Crippen LogP contribution < -0.4 is 26.2 Å². The van der Waals surface area contributed by atoms with Gasteiger partial charge in [0, 0.05) is 45.0 Å². The van der Waals surface area contributed by atoms with Gasteiger partial charge in [-0.2, -0.15) is 0 Å². The number of para-hydroxylation sites is 2. The van der Waals surface area contributed by atoms with Gasteiger partial charge in [-0.15, -0.1) is 0 Å². The standard InChI is InChI=1S/C88H81BN2/c1-85(2,3)67-46-47-70(75(57-67)88(10,11)12)66-54-80-82-81(55-66)91(84-73(61-36-24-16-25-37-61)42-29-43-74(84)62-38-26-17-27-39-62)79-53-64(65-50-68(86(4,5)6)56-69(51-65)87(7,8)9)44-48-76(79)89(82)77-52-63(58-30-18-13-19-31-58)45-49-78(77)90(80)83-71(59-32-20-14-21-33-59)40-28-41-72(83)60-34-22-15-23-35-60/h13-57H,1-12H3. The molecule has 0 N–H and O–H groups in total. The molecule has 0 unspecified atom stereocenters. The van der Waals surface area contributed by atoms with Crippen LogP contribution in [-0.2, 0) is 21.7 Å². The van der Waals surface area contributed by atoms with Crippen molar-refractivity contribution in [2.45, 2.75) is 105 Å². The Bertz CT molecular complexity index is 4560. The van der Waals surface area contributed by atoms with Gasteiger partial charge in [-0.3, -0.25) is 0 Å². The summed E-state index contributed by atoms with van der Waals surface area (Å²) in [6, 6.07) is 104. The van der Waals surface area contributed by atoms with Crippen molar-refractivity contribution in [1.29, 1.82) is 0 Å². The summed E-state index contributed by atoms with van der Waals surface area (Å²) in [7, 11) is 0. The van der Waals surface area contributed by atoms with Crippen LogP contribution in [0.5, 0.6) is 0 Å². The molecule has 0 atom stereocenters. The van der Waals surface area contributed by atoms with Gasteiger partial charge in [0.25, 0.3) is 6.71 Å². The van der Waals surface area contributed by atoms with Crippen LogP contribution in [0.25, 0.3) is 77.9 Å². The van der Waals surface area contributed by atoms with Crippen molar-refractivity contribution >= 4 is 57.2 Å². The lowest BCUT2D eigenvalue weighted by atomic mass is 9.33. The fourth-order valence-electron chi connectivity index (χ4n) is 14.1. The summed E-state index contributed by atoms with van der Waals surface area (Å²) in [6.07, 6.45) is 0. The maximum Gasteiger partial charge on any atom is 0.252 e. The lowest BCUT2D eigenvalue weighted by Gasteiger charge is -2.46. The van der Waals surface area contributed by atoms with E-state index in [9.17, 15) is 0 Å². The number of rotatable bonds is 9. The number of fused-ring (bicyclic) bond motifs is 4. The van der Waals surface area contributed by atoms with Gasteiger partial charge >= 0.3 is 0 Å². The van der Waals surface area contributed by atoms with Crippen molar-refractivity contribution in [1.82, 2.24) is 0 Å². The highest BCUT2D eigenvalue weighted by Gasteiger charge is 2.46. The molecule has 0 aromatic heterocycles. The van der Waals surface area contributed by atoms with Crippen molar-refractivity contribution in [3.8, 4) is 77.9 Å². The van der Waals surface area contributed by atoms with Gasteiger partial charge in [0.05, 0.1) is 11.4 Å². The SMILES string of the molecule is CC(C)(C)c1cc(-c2ccc3c(c2)N(c2c(-c4ccccc4)cccc2-c2ccccc2)c2cc(-c4ccc(C(C)(C)C)cc4C(C)(C)C)cc4c2B3c2cc(-c3ccccc3)ccc2N4c2c(-c3ccccc3)cccc2-c2ccccc2)cc(C(C)(C)C)c1. The Balaban J connectivity index is 1.20. The smallest absolute Gasteiger partial charge is 0.252 e. The van der Waals surface area contributed by atoms with Gasteiger partial charge in [0.1, 0.15) is 0 Å². The second kappa shape index (κ2) is 22.7. The molecule has 0 saturated carbocycles. The van der Waals surface area contributed by atoms with E-state index in [1.54, 1.807) is 0 Å². The van der Waals surface area contributed by atoms with E-state index in [1.807, 2.05) is 0 Å². The Morgan fingerprint density at radius 1 is 0.231 bits per heavy atom. The first kappa shape index (κ1) is 59.0. The number of anilines is 6. The summed E-state index contributed by atoms with van der Waals surface area (Å²) in [5, 5.41) is 0. The molecule has 446 valence electrons. The first-order valence-electron chi connectivity index (χ1n) is 32.6. The topological polar surface area (TPSA) is 6.48 Å². The van der Waals surface area contributed by atoms with Crippen LogP contribution in [0.2, 0.25) is 0 Å². The molecule has 2 aliphatic heterocycles. The Morgan fingerprint density at radius 2 is 0.626 bits per heavy atom. The van der Waals surface area contributed by atoms with Crippen LogP contribution in [0, 0.1) is 0 Å². The van der Waals surface area contributed by atoms with E-state index >= 15 is 0 Å². The lowest BCUT2D eigenvalue weighted by Crippen LogP contribution is -2.61. The Hall–Kier alpha value is -9.70. The molecule has 0 aliphatic carbocycles. The molecule has 3 heteroatoms. The Morgan fingerprint density at radius 3 is 1.05 bits per heavy atom. The average Bonchev–Trinajstić information content (AvgIpc) is 0.690. The maximum atomic E-state index is 2.71. The second-order valence-corrected chi connectivity index (χ2v) is 29.4. The van der Waals surface area contributed by atoms with Crippen molar-refractivity contribution in [3.05, 3.63) is 295 Å². The monoisotopic (exact) mass is 1180 g/mol. The third-order valence-corrected chi connectivity index (χ3v) is 19.0. The Kier molecular flexibility index (Phi) is 14.7. The molecule has 0 bridgehead atoms. The Labute approximate surface area is 541 Å². The number of hydrogen-bond donors (Lipinski definition) is 0. The molecule has 2 aliphatic rings. The van der Waals surface area contributed by atoms with Gasteiger partial charge in [-0.05, 0) is 140 Å². The summed E-state index contributed by atoms with van der Waals surface area (Å²) < 4.78 is 0. The van der Waals surface area contributed by atoms with Gasteiger partial charge in [0.15, 0.2) is 0 Å². The third kappa shape index (κ3) is 10.8. The molecule has 91 heavy (non-hydrogen) atoms. The fraction of sp³-hybridized carbons (Fsp3) is 0.182. The maximum absolute atomic E-state index is 2.71. The van der Waals surface area contributed by atoms with Gasteiger partial charge in [0.2, 0.25) is 0 Å². The molecule has 0 fully saturated rings. The second-order valence-electron chi connectivity index (χ2n) is 29.4. The van der Waals surface area contributed by atoms with E-state index in [4.69, 9.17) is 0 Å². The van der Waals surface area contributed by atoms with Crippen LogP contribution in [-0.4, -0.2) is 6.71 Å². The van der Waals surface area contributed by atoms with Gasteiger partial charge < -0.3 is 9.80 Å². The first-order chi connectivity index (χ1) is 43.7. The van der Waals surface area contributed by atoms with E-state index in [-0.39, 0.29) is 28.4 Å². The average molecular weight is 1180 g/mol. The van der Waals surface area contributed by atoms with Crippen molar-refractivity contribution in [2.24, 2.45) is 0 Å². The minimum atomic E-state index is -0.206. The normalized spacial score (nSPS) is 13.0. The predicted octanol–water partition coefficient (Wildman–Crippen LogP) is 22.6. The van der Waals surface area contributed by atoms with E-state index in [1.165, 1.54) is 72.0 Å². The van der Waals surface area contributed by atoms with Crippen molar-refractivity contribution in [2.75, 3.05) is 9.80 Å². The highest BCUT2D eigenvalue weighted by Crippen LogP contribution is 2.55. The van der Waals surface area contributed by atoms with Crippen molar-refractivity contribution in [3.63, 3.8) is 0 Å².